The average molecular weight is 451 g/mol. The van der Waals surface area contributed by atoms with Crippen molar-refractivity contribution in [2.75, 3.05) is 5.32 Å². The predicted octanol–water partition coefficient (Wildman–Crippen LogP) is 6.95. The van der Waals surface area contributed by atoms with Crippen molar-refractivity contribution in [3.63, 3.8) is 0 Å². The Morgan fingerprint density at radius 1 is 1.10 bits per heavy atom. The summed E-state index contributed by atoms with van der Waals surface area (Å²) in [6.07, 6.45) is 6.50. The number of pyridine rings is 1. The normalized spacial score (nSPS) is 16.7. The van der Waals surface area contributed by atoms with Crippen LogP contribution in [0, 0.1) is 0 Å². The van der Waals surface area contributed by atoms with Gasteiger partial charge in [0.15, 0.2) is 5.82 Å². The van der Waals surface area contributed by atoms with E-state index in [1.807, 2.05) is 36.4 Å². The second kappa shape index (κ2) is 7.05. The zero-order valence-electron chi connectivity index (χ0n) is 15.8. The second-order valence-corrected chi connectivity index (χ2v) is 9.37. The van der Waals surface area contributed by atoms with Gasteiger partial charge in [-0.15, -0.1) is 11.3 Å². The third-order valence-corrected chi connectivity index (χ3v) is 7.65. The third kappa shape index (κ3) is 2.84. The molecule has 0 fully saturated rings. The summed E-state index contributed by atoms with van der Waals surface area (Å²) in [6.45, 7) is 0.595. The molecule has 0 spiro atoms. The van der Waals surface area contributed by atoms with Crippen LogP contribution in [-0.2, 0) is 6.54 Å². The summed E-state index contributed by atoms with van der Waals surface area (Å²) >= 11 is 14.1. The monoisotopic (exact) mass is 450 g/mol. The first kappa shape index (κ1) is 18.3. The number of thiophene rings is 1. The van der Waals surface area contributed by atoms with Crippen LogP contribution < -0.4 is 5.32 Å². The molecule has 0 radical (unpaired) electrons. The van der Waals surface area contributed by atoms with Gasteiger partial charge in [0.05, 0.1) is 15.4 Å². The summed E-state index contributed by atoms with van der Waals surface area (Å²) in [5, 5.41) is 5.76. The third-order valence-electron chi connectivity index (χ3n) is 5.72. The highest BCUT2D eigenvalue weighted by Crippen LogP contribution is 2.59. The maximum atomic E-state index is 6.20. The van der Waals surface area contributed by atoms with E-state index in [2.05, 4.69) is 16.4 Å². The minimum Gasteiger partial charge on any atom is -0.365 e. The highest BCUT2D eigenvalue weighted by atomic mass is 35.5. The van der Waals surface area contributed by atoms with Gasteiger partial charge in [-0.05, 0) is 48.2 Å². The Morgan fingerprint density at radius 3 is 2.87 bits per heavy atom. The molecule has 3 aromatic heterocycles. The molecule has 0 saturated heterocycles. The molecule has 7 heteroatoms. The number of hydrogen-bond donors (Lipinski definition) is 1. The van der Waals surface area contributed by atoms with Crippen LogP contribution >= 0.6 is 34.5 Å². The van der Waals surface area contributed by atoms with Gasteiger partial charge in [0, 0.05) is 29.1 Å². The van der Waals surface area contributed by atoms with Gasteiger partial charge in [-0.1, -0.05) is 41.4 Å². The Balaban J connectivity index is 1.46. The van der Waals surface area contributed by atoms with Gasteiger partial charge >= 0.3 is 0 Å². The van der Waals surface area contributed by atoms with E-state index in [4.69, 9.17) is 33.2 Å². The lowest BCUT2D eigenvalue weighted by Gasteiger charge is -2.26. The van der Waals surface area contributed by atoms with Crippen molar-refractivity contribution >= 4 is 56.1 Å². The quantitative estimate of drug-likeness (QED) is 0.365. The Hall–Kier alpha value is -2.47. The highest BCUT2D eigenvalue weighted by Gasteiger charge is 2.39. The molecule has 148 valence electrons. The summed E-state index contributed by atoms with van der Waals surface area (Å²) in [6, 6.07) is 11.5. The second-order valence-electron chi connectivity index (χ2n) is 7.52. The van der Waals surface area contributed by atoms with Crippen LogP contribution in [-0.4, -0.2) is 15.0 Å². The van der Waals surface area contributed by atoms with E-state index >= 15 is 0 Å². The Kier molecular flexibility index (Phi) is 4.30. The predicted molar refractivity (Wildman–Crippen MR) is 124 cm³/mol. The lowest BCUT2D eigenvalue weighted by atomic mass is 9.80. The van der Waals surface area contributed by atoms with Gasteiger partial charge in [-0.25, -0.2) is 9.97 Å². The number of aromatic nitrogens is 3. The van der Waals surface area contributed by atoms with Gasteiger partial charge in [0.2, 0.25) is 0 Å². The Morgan fingerprint density at radius 2 is 2.03 bits per heavy atom. The maximum absolute atomic E-state index is 6.20. The number of allylic oxidation sites excluding steroid dienone is 2. The molecular weight excluding hydrogens is 435 g/mol. The summed E-state index contributed by atoms with van der Waals surface area (Å²) < 4.78 is 0. The number of nitrogens with zero attached hydrogens (tertiary/aromatic N) is 3. The fourth-order valence-corrected chi connectivity index (χ4v) is 5.97. The average Bonchev–Trinajstić information content (AvgIpc) is 3.32. The fraction of sp³-hybridized carbons (Fsp3) is 0.174. The smallest absolute Gasteiger partial charge is 0.181 e. The molecule has 4 aromatic rings. The van der Waals surface area contributed by atoms with Crippen LogP contribution in [0.3, 0.4) is 0 Å². The van der Waals surface area contributed by atoms with Crippen LogP contribution in [0.5, 0.6) is 0 Å². The van der Waals surface area contributed by atoms with Crippen molar-refractivity contribution in [3.8, 4) is 11.5 Å². The largest absolute Gasteiger partial charge is 0.365 e. The minimum absolute atomic E-state index is 0.552. The van der Waals surface area contributed by atoms with Gasteiger partial charge in [-0.3, -0.25) is 4.98 Å². The van der Waals surface area contributed by atoms with Crippen LogP contribution in [0.15, 0.2) is 48.7 Å². The van der Waals surface area contributed by atoms with Crippen molar-refractivity contribution in [2.24, 2.45) is 0 Å². The van der Waals surface area contributed by atoms with Crippen LogP contribution in [0.4, 0.5) is 5.82 Å². The van der Waals surface area contributed by atoms with E-state index in [9.17, 15) is 0 Å². The van der Waals surface area contributed by atoms with Gasteiger partial charge in [-0.2, -0.15) is 0 Å². The topological polar surface area (TPSA) is 50.7 Å². The van der Waals surface area contributed by atoms with Crippen LogP contribution in [0.1, 0.15) is 34.8 Å². The lowest BCUT2D eigenvalue weighted by Crippen LogP contribution is -2.10. The molecule has 0 bridgehead atoms. The number of hydrogen-bond acceptors (Lipinski definition) is 5. The maximum Gasteiger partial charge on any atom is 0.181 e. The molecule has 1 unspecified atom stereocenters. The lowest BCUT2D eigenvalue weighted by molar-refractivity contribution is 0.797. The standard InChI is InChI=1S/C23H16Cl2N4S/c24-15-8-7-12(10-16(15)25)11-27-22-19-18-13-4-3-5-14(13)20(18)30-23(19)29-21(28-22)17-6-1-2-9-26-17/h1-2,4,6-10,14H,3,5,11H2,(H,27,28,29). The van der Waals surface area contributed by atoms with Gasteiger partial charge in [0.25, 0.3) is 0 Å². The van der Waals surface area contributed by atoms with E-state index < -0.39 is 0 Å². The number of rotatable bonds is 4. The summed E-state index contributed by atoms with van der Waals surface area (Å²) in [5.74, 6) is 2.07. The van der Waals surface area contributed by atoms with Crippen LogP contribution in [0.25, 0.3) is 27.3 Å². The highest BCUT2D eigenvalue weighted by molar-refractivity contribution is 7.19. The first-order valence-corrected chi connectivity index (χ1v) is 11.4. The molecule has 2 aliphatic carbocycles. The van der Waals surface area contributed by atoms with Crippen LogP contribution in [0.2, 0.25) is 10.0 Å². The van der Waals surface area contributed by atoms with Crippen molar-refractivity contribution in [2.45, 2.75) is 25.3 Å². The SMILES string of the molecule is Clc1ccc(CNc2nc(-c3ccccn3)nc3sc4c(c23)C2=CCCC24)cc1Cl. The molecule has 3 heterocycles. The van der Waals surface area contributed by atoms with E-state index in [-0.39, 0.29) is 0 Å². The molecule has 0 saturated carbocycles. The van der Waals surface area contributed by atoms with Gasteiger partial charge < -0.3 is 5.32 Å². The molecule has 6 rings (SSSR count). The van der Waals surface area contributed by atoms with E-state index in [1.54, 1.807) is 17.5 Å². The van der Waals surface area contributed by atoms with E-state index in [0.717, 1.165) is 33.7 Å². The van der Waals surface area contributed by atoms with E-state index in [0.29, 0.717) is 28.3 Å². The summed E-state index contributed by atoms with van der Waals surface area (Å²) in [5.41, 5.74) is 4.61. The molecule has 30 heavy (non-hydrogen) atoms. The first-order valence-electron chi connectivity index (χ1n) is 9.83. The zero-order valence-corrected chi connectivity index (χ0v) is 18.2. The fourth-order valence-electron chi connectivity index (χ4n) is 4.30. The molecule has 2 aliphatic rings. The van der Waals surface area contributed by atoms with Crippen molar-refractivity contribution in [1.29, 1.82) is 0 Å². The van der Waals surface area contributed by atoms with Crippen molar-refractivity contribution < 1.29 is 0 Å². The molecule has 1 N–H and O–H groups in total. The number of fused-ring (bicyclic) bond motifs is 6. The summed E-state index contributed by atoms with van der Waals surface area (Å²) in [4.78, 5) is 16.7. The zero-order chi connectivity index (χ0) is 20.2. The minimum atomic E-state index is 0.552. The summed E-state index contributed by atoms with van der Waals surface area (Å²) in [7, 11) is 0. The molecule has 1 atom stereocenters. The Bertz CT molecular complexity index is 1330. The van der Waals surface area contributed by atoms with Crippen molar-refractivity contribution in [1.82, 2.24) is 15.0 Å². The molecular formula is C23H16Cl2N4S. The molecule has 1 aromatic carbocycles. The molecule has 0 aliphatic heterocycles. The number of nitrogens with one attached hydrogen (secondary N) is 1. The number of anilines is 1. The first-order chi connectivity index (χ1) is 14.7. The number of halogens is 2. The Labute approximate surface area is 187 Å². The number of benzene rings is 1. The van der Waals surface area contributed by atoms with Gasteiger partial charge in [0.1, 0.15) is 16.3 Å². The van der Waals surface area contributed by atoms with E-state index in [1.165, 1.54) is 22.4 Å². The molecule has 4 nitrogen and oxygen atoms in total. The molecule has 0 amide bonds. The van der Waals surface area contributed by atoms with Crippen molar-refractivity contribution in [3.05, 3.63) is 74.7 Å².